The van der Waals surface area contributed by atoms with Crippen molar-refractivity contribution < 1.29 is 9.90 Å². The molecule has 0 radical (unpaired) electrons. The van der Waals surface area contributed by atoms with Crippen molar-refractivity contribution in [2.24, 2.45) is 4.99 Å². The molecule has 1 amide bonds. The van der Waals surface area contributed by atoms with Gasteiger partial charge in [-0.2, -0.15) is 0 Å². The molecule has 0 saturated heterocycles. The Hall–Kier alpha value is -2.73. The summed E-state index contributed by atoms with van der Waals surface area (Å²) in [5.41, 5.74) is 2.85. The van der Waals surface area contributed by atoms with E-state index in [1.807, 2.05) is 32.1 Å². The Bertz CT molecular complexity index is 796. The van der Waals surface area contributed by atoms with Gasteiger partial charge in [-0.25, -0.2) is 4.99 Å². The molecule has 1 atom stereocenters. The molecule has 26 heavy (non-hydrogen) atoms. The van der Waals surface area contributed by atoms with Gasteiger partial charge in [0.15, 0.2) is 0 Å². The number of hydrogen-bond acceptors (Lipinski definition) is 5. The lowest BCUT2D eigenvalue weighted by Gasteiger charge is -2.26. The fraction of sp³-hybridized carbons (Fsp3) is 0.350. The highest BCUT2D eigenvalue weighted by Crippen LogP contribution is 2.21. The molecule has 0 spiro atoms. The third-order valence-electron chi connectivity index (χ3n) is 4.30. The van der Waals surface area contributed by atoms with Crippen LogP contribution in [0.5, 0.6) is 0 Å². The average Bonchev–Trinajstić information content (AvgIpc) is 2.93. The summed E-state index contributed by atoms with van der Waals surface area (Å²) in [6.45, 7) is 12.8. The van der Waals surface area contributed by atoms with Gasteiger partial charge in [-0.05, 0) is 46.8 Å². The first-order chi connectivity index (χ1) is 12.1. The summed E-state index contributed by atoms with van der Waals surface area (Å²) in [5, 5.41) is 15.8. The predicted molar refractivity (Wildman–Crippen MR) is 104 cm³/mol. The third kappa shape index (κ3) is 4.46. The van der Waals surface area contributed by atoms with Crippen LogP contribution in [0, 0.1) is 6.92 Å². The predicted octanol–water partition coefficient (Wildman–Crippen LogP) is 2.47. The summed E-state index contributed by atoms with van der Waals surface area (Å²) in [7, 11) is 0. The Kier molecular flexibility index (Phi) is 5.77. The Labute approximate surface area is 154 Å². The van der Waals surface area contributed by atoms with E-state index in [1.165, 1.54) is 0 Å². The minimum atomic E-state index is -1.03. The Morgan fingerprint density at radius 1 is 1.46 bits per heavy atom. The molecule has 3 N–H and O–H groups in total. The molecular weight excluding hydrogens is 328 g/mol. The quantitative estimate of drug-likeness (QED) is 0.758. The fourth-order valence-corrected chi connectivity index (χ4v) is 2.25. The van der Waals surface area contributed by atoms with Gasteiger partial charge in [0.1, 0.15) is 5.71 Å². The summed E-state index contributed by atoms with van der Waals surface area (Å²) >= 11 is 0. The van der Waals surface area contributed by atoms with Crippen molar-refractivity contribution in [2.75, 3.05) is 0 Å². The zero-order valence-electron chi connectivity index (χ0n) is 15.9. The fourth-order valence-electron chi connectivity index (χ4n) is 2.25. The van der Waals surface area contributed by atoms with Crippen LogP contribution in [0.25, 0.3) is 5.70 Å². The lowest BCUT2D eigenvalue weighted by molar-refractivity contribution is -0.119. The van der Waals surface area contributed by atoms with Crippen molar-refractivity contribution in [3.63, 3.8) is 0 Å². The molecule has 1 aromatic heterocycles. The van der Waals surface area contributed by atoms with E-state index in [4.69, 9.17) is 0 Å². The second kappa shape index (κ2) is 7.66. The Morgan fingerprint density at radius 2 is 2.15 bits per heavy atom. The van der Waals surface area contributed by atoms with Crippen molar-refractivity contribution in [3.05, 3.63) is 59.7 Å². The van der Waals surface area contributed by atoms with Crippen LogP contribution < -0.4 is 10.6 Å². The number of pyridine rings is 1. The number of allylic oxidation sites excluding steroid dienone is 2. The molecule has 1 aliphatic rings. The number of rotatable bonds is 5. The van der Waals surface area contributed by atoms with Crippen LogP contribution in [0.2, 0.25) is 0 Å². The second-order valence-electron chi connectivity index (χ2n) is 6.85. The summed E-state index contributed by atoms with van der Waals surface area (Å²) in [4.78, 5) is 21.5. The van der Waals surface area contributed by atoms with Gasteiger partial charge in [0.2, 0.25) is 0 Å². The van der Waals surface area contributed by atoms with Gasteiger partial charge in [0.25, 0.3) is 5.91 Å². The van der Waals surface area contributed by atoms with Gasteiger partial charge in [0, 0.05) is 23.7 Å². The Morgan fingerprint density at radius 3 is 2.69 bits per heavy atom. The van der Waals surface area contributed by atoms with E-state index in [9.17, 15) is 9.90 Å². The van der Waals surface area contributed by atoms with Crippen LogP contribution in [0.15, 0.2) is 53.4 Å². The van der Waals surface area contributed by atoms with Gasteiger partial charge in [-0.1, -0.05) is 12.7 Å². The molecule has 138 valence electrons. The molecule has 6 nitrogen and oxygen atoms in total. The lowest BCUT2D eigenvalue weighted by Crippen LogP contribution is -2.48. The van der Waals surface area contributed by atoms with Gasteiger partial charge >= 0.3 is 0 Å². The number of aliphatic imine (C=N–C) groups is 1. The molecular formula is C20H26N4O2. The topological polar surface area (TPSA) is 86.6 Å². The molecule has 1 aliphatic heterocycles. The number of carbonyl (C=O) groups is 1. The monoisotopic (exact) mass is 354 g/mol. The lowest BCUT2D eigenvalue weighted by atomic mass is 10.00. The van der Waals surface area contributed by atoms with Crippen LogP contribution in [0.3, 0.4) is 0 Å². The summed E-state index contributed by atoms with van der Waals surface area (Å²) in [6.07, 6.45) is 5.19. The van der Waals surface area contributed by atoms with Crippen molar-refractivity contribution in [3.8, 4) is 0 Å². The molecule has 1 aromatic rings. The van der Waals surface area contributed by atoms with Crippen molar-refractivity contribution >= 4 is 17.3 Å². The van der Waals surface area contributed by atoms with Crippen LogP contribution in [-0.2, 0) is 4.79 Å². The number of aromatic nitrogens is 1. The first kappa shape index (κ1) is 19.6. The first-order valence-electron chi connectivity index (χ1n) is 8.51. The van der Waals surface area contributed by atoms with E-state index in [0.29, 0.717) is 22.7 Å². The number of aliphatic hydroxyl groups is 1. The zero-order chi connectivity index (χ0) is 19.5. The van der Waals surface area contributed by atoms with E-state index >= 15 is 0 Å². The van der Waals surface area contributed by atoms with Crippen LogP contribution in [0.4, 0.5) is 0 Å². The van der Waals surface area contributed by atoms with Gasteiger partial charge in [0.05, 0.1) is 28.6 Å². The minimum absolute atomic E-state index is 0.318. The van der Waals surface area contributed by atoms with E-state index in [1.54, 1.807) is 33.2 Å². The SMILES string of the molecule is C=C1NC=C(C(=O)N[C@@H](C)C(C)(C)O)/C1=N/C(=C\C)c1ccc(C)nc1. The standard InChI is InChI=1S/C20H26N4O2/c1-7-17(15-9-8-12(2)21-10-15)24-18-13(3)22-11-16(18)19(25)23-14(4)20(5,6)26/h7-11,14,22,26H,3H2,1-2,4-6H3,(H,23,25)/b17-7-,24-18+/t14-/m0/s1. The molecule has 0 bridgehead atoms. The highest BCUT2D eigenvalue weighted by atomic mass is 16.3. The van der Waals surface area contributed by atoms with E-state index < -0.39 is 11.6 Å². The maximum Gasteiger partial charge on any atom is 0.255 e. The summed E-state index contributed by atoms with van der Waals surface area (Å²) in [6, 6.07) is 3.43. The van der Waals surface area contributed by atoms with Crippen molar-refractivity contribution in [1.29, 1.82) is 0 Å². The van der Waals surface area contributed by atoms with Crippen molar-refractivity contribution in [2.45, 2.75) is 46.3 Å². The number of nitrogens with zero attached hydrogens (tertiary/aromatic N) is 2. The number of nitrogens with one attached hydrogen (secondary N) is 2. The minimum Gasteiger partial charge on any atom is -0.388 e. The molecule has 0 unspecified atom stereocenters. The molecule has 2 rings (SSSR count). The number of amides is 1. The average molecular weight is 354 g/mol. The van der Waals surface area contributed by atoms with Gasteiger partial charge in [-0.15, -0.1) is 0 Å². The molecule has 0 aromatic carbocycles. The van der Waals surface area contributed by atoms with E-state index in [-0.39, 0.29) is 5.91 Å². The molecule has 0 aliphatic carbocycles. The first-order valence-corrected chi connectivity index (χ1v) is 8.51. The molecule has 0 saturated carbocycles. The second-order valence-corrected chi connectivity index (χ2v) is 6.85. The molecule has 6 heteroatoms. The van der Waals surface area contributed by atoms with Crippen LogP contribution in [0.1, 0.15) is 39.0 Å². The van der Waals surface area contributed by atoms with E-state index in [2.05, 4.69) is 27.2 Å². The maximum atomic E-state index is 12.6. The van der Waals surface area contributed by atoms with Crippen LogP contribution in [-0.4, -0.2) is 33.4 Å². The molecule has 0 fully saturated rings. The van der Waals surface area contributed by atoms with Crippen LogP contribution >= 0.6 is 0 Å². The Balaban J connectivity index is 2.29. The number of aryl methyl sites for hydroxylation is 1. The van der Waals surface area contributed by atoms with Crippen molar-refractivity contribution in [1.82, 2.24) is 15.6 Å². The highest BCUT2D eigenvalue weighted by molar-refractivity contribution is 6.30. The summed E-state index contributed by atoms with van der Waals surface area (Å²) in [5.74, 6) is -0.318. The van der Waals surface area contributed by atoms with E-state index in [0.717, 1.165) is 11.3 Å². The smallest absolute Gasteiger partial charge is 0.255 e. The van der Waals surface area contributed by atoms with Gasteiger partial charge in [-0.3, -0.25) is 9.78 Å². The molecule has 2 heterocycles. The summed E-state index contributed by atoms with van der Waals surface area (Å²) < 4.78 is 0. The maximum absolute atomic E-state index is 12.6. The van der Waals surface area contributed by atoms with Gasteiger partial charge < -0.3 is 15.7 Å². The zero-order valence-corrected chi connectivity index (χ0v) is 15.9. The largest absolute Gasteiger partial charge is 0.388 e. The third-order valence-corrected chi connectivity index (χ3v) is 4.30. The number of carbonyl (C=O) groups excluding carboxylic acids is 1. The number of hydrogen-bond donors (Lipinski definition) is 3. The normalized spacial score (nSPS) is 17.8. The highest BCUT2D eigenvalue weighted by Gasteiger charge is 2.29.